The maximum absolute atomic E-state index is 9.00. The summed E-state index contributed by atoms with van der Waals surface area (Å²) in [6, 6.07) is 6.19. The lowest BCUT2D eigenvalue weighted by Gasteiger charge is -2.18. The molecule has 0 bridgehead atoms. The SMILES string of the molecule is COc1ccc2c(c1)C(CCO)=CCC2. The van der Waals surface area contributed by atoms with Gasteiger partial charge in [-0.15, -0.1) is 0 Å². The van der Waals surface area contributed by atoms with Crippen LogP contribution in [0.25, 0.3) is 5.57 Å². The second-order valence-corrected chi connectivity index (χ2v) is 3.76. The van der Waals surface area contributed by atoms with Crippen molar-refractivity contribution >= 4 is 5.57 Å². The Morgan fingerprint density at radius 3 is 3.00 bits per heavy atom. The molecule has 1 aromatic rings. The third-order valence-electron chi connectivity index (χ3n) is 2.85. The van der Waals surface area contributed by atoms with Crippen LogP contribution in [0.1, 0.15) is 24.0 Å². The van der Waals surface area contributed by atoms with Gasteiger partial charge in [0.05, 0.1) is 7.11 Å². The highest BCUT2D eigenvalue weighted by Crippen LogP contribution is 2.31. The minimum atomic E-state index is 0.211. The van der Waals surface area contributed by atoms with Crippen LogP contribution in [0.4, 0.5) is 0 Å². The summed E-state index contributed by atoms with van der Waals surface area (Å²) in [6.45, 7) is 0.211. The van der Waals surface area contributed by atoms with Gasteiger partial charge in [-0.1, -0.05) is 12.1 Å². The summed E-state index contributed by atoms with van der Waals surface area (Å²) < 4.78 is 5.22. The Morgan fingerprint density at radius 1 is 1.40 bits per heavy atom. The smallest absolute Gasteiger partial charge is 0.119 e. The molecule has 2 heteroatoms. The molecular formula is C13H16O2. The summed E-state index contributed by atoms with van der Waals surface area (Å²) in [6.07, 6.45) is 5.13. The molecule has 0 aliphatic heterocycles. The largest absolute Gasteiger partial charge is 0.497 e. The van der Waals surface area contributed by atoms with Crippen LogP contribution < -0.4 is 4.74 Å². The molecule has 2 nitrogen and oxygen atoms in total. The second-order valence-electron chi connectivity index (χ2n) is 3.76. The van der Waals surface area contributed by atoms with Crippen LogP contribution in [0.3, 0.4) is 0 Å². The molecule has 0 radical (unpaired) electrons. The number of benzene rings is 1. The third kappa shape index (κ3) is 2.05. The molecule has 15 heavy (non-hydrogen) atoms. The van der Waals surface area contributed by atoms with E-state index in [4.69, 9.17) is 9.84 Å². The molecule has 0 spiro atoms. The first-order chi connectivity index (χ1) is 7.35. The highest BCUT2D eigenvalue weighted by atomic mass is 16.5. The molecule has 0 amide bonds. The maximum Gasteiger partial charge on any atom is 0.119 e. The molecule has 80 valence electrons. The zero-order valence-corrected chi connectivity index (χ0v) is 8.99. The summed E-state index contributed by atoms with van der Waals surface area (Å²) in [5.41, 5.74) is 3.86. The van der Waals surface area contributed by atoms with Gasteiger partial charge < -0.3 is 9.84 Å². The van der Waals surface area contributed by atoms with E-state index in [0.29, 0.717) is 0 Å². The van der Waals surface area contributed by atoms with Gasteiger partial charge in [-0.25, -0.2) is 0 Å². The maximum atomic E-state index is 9.00. The Kier molecular flexibility index (Phi) is 3.07. The van der Waals surface area contributed by atoms with Crippen molar-refractivity contribution in [3.05, 3.63) is 35.4 Å². The molecule has 0 unspecified atom stereocenters. The number of aliphatic hydroxyl groups excluding tert-OH is 1. The highest BCUT2D eigenvalue weighted by molar-refractivity contribution is 5.71. The first kappa shape index (κ1) is 10.2. The fraction of sp³-hybridized carbons (Fsp3) is 0.385. The van der Waals surface area contributed by atoms with E-state index >= 15 is 0 Å². The van der Waals surface area contributed by atoms with Gasteiger partial charge in [0.15, 0.2) is 0 Å². The van der Waals surface area contributed by atoms with Crippen LogP contribution in [-0.2, 0) is 6.42 Å². The predicted molar refractivity (Wildman–Crippen MR) is 61.0 cm³/mol. The van der Waals surface area contributed by atoms with E-state index in [1.165, 1.54) is 16.7 Å². The molecule has 1 aromatic carbocycles. The lowest BCUT2D eigenvalue weighted by Crippen LogP contribution is -2.01. The van der Waals surface area contributed by atoms with Crippen molar-refractivity contribution in [2.24, 2.45) is 0 Å². The molecule has 1 N–H and O–H groups in total. The summed E-state index contributed by atoms with van der Waals surface area (Å²) in [5, 5.41) is 9.00. The fourth-order valence-electron chi connectivity index (χ4n) is 2.07. The van der Waals surface area contributed by atoms with Gasteiger partial charge in [0.2, 0.25) is 0 Å². The molecule has 0 saturated heterocycles. The van der Waals surface area contributed by atoms with E-state index in [1.54, 1.807) is 7.11 Å². The van der Waals surface area contributed by atoms with Crippen LogP contribution >= 0.6 is 0 Å². The number of ether oxygens (including phenoxy) is 1. The van der Waals surface area contributed by atoms with Gasteiger partial charge in [0.1, 0.15) is 5.75 Å². The summed E-state index contributed by atoms with van der Waals surface area (Å²) in [7, 11) is 1.68. The normalized spacial score (nSPS) is 14.4. The Balaban J connectivity index is 2.38. The van der Waals surface area contributed by atoms with Crippen molar-refractivity contribution in [1.29, 1.82) is 0 Å². The summed E-state index contributed by atoms with van der Waals surface area (Å²) in [5.74, 6) is 0.888. The van der Waals surface area contributed by atoms with Crippen LogP contribution in [0, 0.1) is 0 Å². The number of fused-ring (bicyclic) bond motifs is 1. The lowest BCUT2D eigenvalue weighted by molar-refractivity contribution is 0.304. The summed E-state index contributed by atoms with van der Waals surface area (Å²) >= 11 is 0. The molecule has 0 saturated carbocycles. The molecule has 1 aliphatic carbocycles. The molecule has 1 aliphatic rings. The molecule has 0 fully saturated rings. The average Bonchev–Trinajstić information content (AvgIpc) is 2.29. The van der Waals surface area contributed by atoms with Crippen LogP contribution in [0.5, 0.6) is 5.75 Å². The summed E-state index contributed by atoms with van der Waals surface area (Å²) in [4.78, 5) is 0. The monoisotopic (exact) mass is 204 g/mol. The number of allylic oxidation sites excluding steroid dienone is 1. The standard InChI is InChI=1S/C13H16O2/c1-15-12-6-5-10-3-2-4-11(7-8-14)13(10)9-12/h4-6,9,14H,2-3,7-8H2,1H3. The van der Waals surface area contributed by atoms with Gasteiger partial charge in [-0.05, 0) is 48.1 Å². The average molecular weight is 204 g/mol. The zero-order chi connectivity index (χ0) is 10.7. The van der Waals surface area contributed by atoms with Gasteiger partial charge in [0, 0.05) is 6.61 Å². The zero-order valence-electron chi connectivity index (χ0n) is 8.99. The van der Waals surface area contributed by atoms with Crippen molar-refractivity contribution in [3.63, 3.8) is 0 Å². The molecule has 0 heterocycles. The van der Waals surface area contributed by atoms with E-state index in [9.17, 15) is 0 Å². The first-order valence-electron chi connectivity index (χ1n) is 5.32. The van der Waals surface area contributed by atoms with Crippen LogP contribution in [0.2, 0.25) is 0 Å². The van der Waals surface area contributed by atoms with Crippen molar-refractivity contribution in [2.45, 2.75) is 19.3 Å². The van der Waals surface area contributed by atoms with Crippen molar-refractivity contribution in [3.8, 4) is 5.75 Å². The van der Waals surface area contributed by atoms with E-state index < -0.39 is 0 Å². The number of methoxy groups -OCH3 is 1. The second kappa shape index (κ2) is 4.49. The minimum Gasteiger partial charge on any atom is -0.497 e. The van der Waals surface area contributed by atoms with Gasteiger partial charge in [-0.3, -0.25) is 0 Å². The van der Waals surface area contributed by atoms with Gasteiger partial charge in [0.25, 0.3) is 0 Å². The molecule has 0 atom stereocenters. The van der Waals surface area contributed by atoms with E-state index in [2.05, 4.69) is 18.2 Å². The van der Waals surface area contributed by atoms with E-state index in [1.807, 2.05) is 6.07 Å². The van der Waals surface area contributed by atoms with E-state index in [-0.39, 0.29) is 6.61 Å². The Labute approximate surface area is 90.2 Å². The number of aliphatic hydroxyl groups is 1. The van der Waals surface area contributed by atoms with Crippen molar-refractivity contribution in [1.82, 2.24) is 0 Å². The van der Waals surface area contributed by atoms with Gasteiger partial charge in [-0.2, -0.15) is 0 Å². The number of rotatable bonds is 3. The fourth-order valence-corrected chi connectivity index (χ4v) is 2.07. The predicted octanol–water partition coefficient (Wildman–Crippen LogP) is 2.41. The molecular weight excluding hydrogens is 188 g/mol. The first-order valence-corrected chi connectivity index (χ1v) is 5.32. The molecule has 2 rings (SSSR count). The lowest BCUT2D eigenvalue weighted by atomic mass is 9.89. The quantitative estimate of drug-likeness (QED) is 0.819. The van der Waals surface area contributed by atoms with E-state index in [0.717, 1.165) is 25.0 Å². The van der Waals surface area contributed by atoms with Gasteiger partial charge >= 0.3 is 0 Å². The number of hydrogen-bond donors (Lipinski definition) is 1. The van der Waals surface area contributed by atoms with Crippen molar-refractivity contribution in [2.75, 3.05) is 13.7 Å². The topological polar surface area (TPSA) is 29.5 Å². The highest BCUT2D eigenvalue weighted by Gasteiger charge is 2.12. The number of aryl methyl sites for hydroxylation is 1. The van der Waals surface area contributed by atoms with Crippen LogP contribution in [0.15, 0.2) is 24.3 Å². The van der Waals surface area contributed by atoms with Crippen molar-refractivity contribution < 1.29 is 9.84 Å². The number of hydrogen-bond acceptors (Lipinski definition) is 2. The van der Waals surface area contributed by atoms with Crippen LogP contribution in [-0.4, -0.2) is 18.8 Å². The Morgan fingerprint density at radius 2 is 2.27 bits per heavy atom. The molecule has 0 aromatic heterocycles. The Hall–Kier alpha value is -1.28. The third-order valence-corrected chi connectivity index (χ3v) is 2.85. The Bertz CT molecular complexity index is 380. The minimum absolute atomic E-state index is 0.211.